The maximum Gasteiger partial charge on any atom is 0.187 e. The number of ether oxygens (including phenoxy) is 5. The van der Waals surface area contributed by atoms with E-state index >= 15 is 0 Å². The van der Waals surface area contributed by atoms with Crippen molar-refractivity contribution in [2.24, 2.45) is 0 Å². The third-order valence-electron chi connectivity index (χ3n) is 4.74. The van der Waals surface area contributed by atoms with Gasteiger partial charge in [-0.2, -0.15) is 0 Å². The van der Waals surface area contributed by atoms with E-state index in [9.17, 15) is 20.4 Å². The van der Waals surface area contributed by atoms with Crippen LogP contribution < -0.4 is 0 Å². The van der Waals surface area contributed by atoms with Gasteiger partial charge in [0.1, 0.15) is 48.8 Å². The van der Waals surface area contributed by atoms with E-state index in [4.69, 9.17) is 23.7 Å². The molecule has 3 rings (SSSR count). The van der Waals surface area contributed by atoms with Gasteiger partial charge in [-0.25, -0.2) is 0 Å². The van der Waals surface area contributed by atoms with E-state index < -0.39 is 55.6 Å². The fourth-order valence-electron chi connectivity index (χ4n) is 3.40. The lowest BCUT2D eigenvalue weighted by Crippen LogP contribution is -2.62. The van der Waals surface area contributed by atoms with Gasteiger partial charge >= 0.3 is 0 Å². The highest BCUT2D eigenvalue weighted by molar-refractivity contribution is 4.99. The first-order valence-electron chi connectivity index (χ1n) is 7.73. The Labute approximate surface area is 133 Å². The lowest BCUT2D eigenvalue weighted by atomic mass is 9.97. The van der Waals surface area contributed by atoms with Crippen LogP contribution in [-0.2, 0) is 23.7 Å². The molecule has 0 aromatic heterocycles. The number of aliphatic hydroxyl groups excluding tert-OH is 4. The first-order valence-corrected chi connectivity index (χ1v) is 7.73. The predicted molar refractivity (Wildman–Crippen MR) is 73.5 cm³/mol. The van der Waals surface area contributed by atoms with Crippen molar-refractivity contribution in [2.45, 2.75) is 68.1 Å². The second kappa shape index (κ2) is 6.87. The molecular weight excluding hydrogens is 312 g/mol. The molecule has 0 spiro atoms. The van der Waals surface area contributed by atoms with E-state index in [1.165, 1.54) is 7.11 Å². The van der Waals surface area contributed by atoms with Gasteiger partial charge in [-0.3, -0.25) is 0 Å². The highest BCUT2D eigenvalue weighted by Gasteiger charge is 2.53. The predicted octanol–water partition coefficient (Wildman–Crippen LogP) is -2.63. The third-order valence-corrected chi connectivity index (χ3v) is 4.74. The molecule has 0 amide bonds. The zero-order chi connectivity index (χ0) is 16.7. The van der Waals surface area contributed by atoms with Crippen LogP contribution in [0.4, 0.5) is 0 Å². The molecule has 9 nitrogen and oxygen atoms in total. The summed E-state index contributed by atoms with van der Waals surface area (Å²) in [5.41, 5.74) is 0. The van der Waals surface area contributed by atoms with Crippen molar-refractivity contribution in [3.05, 3.63) is 0 Å². The normalized spacial score (nSPS) is 53.5. The second-order valence-corrected chi connectivity index (χ2v) is 6.18. The fourth-order valence-corrected chi connectivity index (χ4v) is 3.40. The van der Waals surface area contributed by atoms with Crippen LogP contribution in [0.3, 0.4) is 0 Å². The number of rotatable bonds is 4. The molecule has 2 bridgehead atoms. The Morgan fingerprint density at radius 1 is 1.04 bits per heavy atom. The molecule has 10 atom stereocenters. The highest BCUT2D eigenvalue weighted by atomic mass is 16.7. The van der Waals surface area contributed by atoms with E-state index in [0.29, 0.717) is 0 Å². The minimum atomic E-state index is -1.26. The average Bonchev–Trinajstić information content (AvgIpc) is 2.84. The Balaban J connectivity index is 1.72. The third kappa shape index (κ3) is 3.01. The van der Waals surface area contributed by atoms with Gasteiger partial charge in [0.15, 0.2) is 6.29 Å². The van der Waals surface area contributed by atoms with Gasteiger partial charge in [-0.05, 0) is 6.92 Å². The molecule has 0 saturated carbocycles. The molecule has 0 aliphatic carbocycles. The van der Waals surface area contributed by atoms with E-state index in [-0.39, 0.29) is 18.8 Å². The molecule has 0 aromatic rings. The molecule has 9 heteroatoms. The van der Waals surface area contributed by atoms with Crippen molar-refractivity contribution >= 4 is 0 Å². The largest absolute Gasteiger partial charge is 0.394 e. The first-order chi connectivity index (χ1) is 11.0. The molecule has 0 unspecified atom stereocenters. The average molecular weight is 336 g/mol. The summed E-state index contributed by atoms with van der Waals surface area (Å²) in [6, 6.07) is 0. The van der Waals surface area contributed by atoms with Crippen LogP contribution in [0, 0.1) is 0 Å². The van der Waals surface area contributed by atoms with Crippen molar-refractivity contribution in [3.8, 4) is 0 Å². The maximum atomic E-state index is 10.3. The number of hydrogen-bond acceptors (Lipinski definition) is 9. The summed E-state index contributed by atoms with van der Waals surface area (Å²) in [5.74, 6) is 0. The summed E-state index contributed by atoms with van der Waals surface area (Å²) in [6.45, 7) is 1.58. The van der Waals surface area contributed by atoms with Crippen molar-refractivity contribution < 1.29 is 44.1 Å². The van der Waals surface area contributed by atoms with Crippen molar-refractivity contribution in [3.63, 3.8) is 0 Å². The fraction of sp³-hybridized carbons (Fsp3) is 1.00. The molecule has 3 saturated heterocycles. The molecular formula is C14H24O9. The SMILES string of the molecule is CO[C@H]1[C@@H](O)[C@@H](CO)O[C@H](O[C@H]2[C@H]3OC[C@H]2O[C@H](C)[C@H]3O)[C@@H]1O. The topological polar surface area (TPSA) is 127 Å². The molecule has 23 heavy (non-hydrogen) atoms. The molecule has 3 aliphatic heterocycles. The lowest BCUT2D eigenvalue weighted by molar-refractivity contribution is -0.330. The van der Waals surface area contributed by atoms with Gasteiger partial charge in [0.2, 0.25) is 0 Å². The Morgan fingerprint density at radius 2 is 1.78 bits per heavy atom. The van der Waals surface area contributed by atoms with Gasteiger partial charge in [0.25, 0.3) is 0 Å². The summed E-state index contributed by atoms with van der Waals surface area (Å²) in [7, 11) is 1.34. The second-order valence-electron chi connectivity index (χ2n) is 6.18. The minimum absolute atomic E-state index is 0.277. The summed E-state index contributed by atoms with van der Waals surface area (Å²) in [5, 5.41) is 39.7. The van der Waals surface area contributed by atoms with Gasteiger partial charge < -0.3 is 44.1 Å². The smallest absolute Gasteiger partial charge is 0.187 e. The number of methoxy groups -OCH3 is 1. The molecule has 0 radical (unpaired) electrons. The zero-order valence-electron chi connectivity index (χ0n) is 13.0. The molecule has 0 aromatic carbocycles. The number of fused-ring (bicyclic) bond motifs is 2. The molecule has 3 fully saturated rings. The number of aliphatic hydroxyl groups is 4. The Kier molecular flexibility index (Phi) is 5.21. The van der Waals surface area contributed by atoms with Crippen molar-refractivity contribution in [1.29, 1.82) is 0 Å². The van der Waals surface area contributed by atoms with Gasteiger partial charge in [0.05, 0.1) is 19.3 Å². The number of hydrogen-bond donors (Lipinski definition) is 4. The van der Waals surface area contributed by atoms with Crippen LogP contribution in [0.2, 0.25) is 0 Å². The first kappa shape index (κ1) is 17.5. The van der Waals surface area contributed by atoms with Gasteiger partial charge in [0, 0.05) is 7.11 Å². The molecule has 134 valence electrons. The maximum absolute atomic E-state index is 10.3. The zero-order valence-corrected chi connectivity index (χ0v) is 13.0. The molecule has 4 N–H and O–H groups in total. The van der Waals surface area contributed by atoms with Crippen molar-refractivity contribution in [1.82, 2.24) is 0 Å². The van der Waals surface area contributed by atoms with Crippen LogP contribution in [0.1, 0.15) is 6.92 Å². The van der Waals surface area contributed by atoms with E-state index in [0.717, 1.165) is 0 Å². The summed E-state index contributed by atoms with van der Waals surface area (Å²) >= 11 is 0. The van der Waals surface area contributed by atoms with Gasteiger partial charge in [-0.15, -0.1) is 0 Å². The Morgan fingerprint density at radius 3 is 2.43 bits per heavy atom. The highest BCUT2D eigenvalue weighted by Crippen LogP contribution is 2.34. The standard InChI is InChI=1S/C14H24O9/c1-5-8(16)13-11(7(21-5)4-20-13)23-14-10(18)12(19-2)9(17)6(3-15)22-14/h5-18H,3-4H2,1-2H3/t5-,6-,7-,8-,9+,10-,11-,12+,13+,14-/m1/s1. The van der Waals surface area contributed by atoms with Crippen LogP contribution in [-0.4, -0.2) is 102 Å². The van der Waals surface area contributed by atoms with Crippen molar-refractivity contribution in [2.75, 3.05) is 20.3 Å². The van der Waals surface area contributed by atoms with Crippen LogP contribution in [0.5, 0.6) is 0 Å². The van der Waals surface area contributed by atoms with E-state index in [1.54, 1.807) is 6.92 Å². The monoisotopic (exact) mass is 336 g/mol. The van der Waals surface area contributed by atoms with E-state index in [1.807, 2.05) is 0 Å². The quantitative estimate of drug-likeness (QED) is 0.436. The summed E-state index contributed by atoms with van der Waals surface area (Å²) in [6.07, 6.45) is -8.28. The van der Waals surface area contributed by atoms with Crippen LogP contribution in [0.15, 0.2) is 0 Å². The van der Waals surface area contributed by atoms with Crippen LogP contribution >= 0.6 is 0 Å². The minimum Gasteiger partial charge on any atom is -0.394 e. The lowest BCUT2D eigenvalue weighted by Gasteiger charge is -2.44. The summed E-state index contributed by atoms with van der Waals surface area (Å²) < 4.78 is 27.5. The summed E-state index contributed by atoms with van der Waals surface area (Å²) in [4.78, 5) is 0. The molecule has 3 heterocycles. The Bertz CT molecular complexity index is 408. The van der Waals surface area contributed by atoms with E-state index in [2.05, 4.69) is 0 Å². The molecule has 3 aliphatic rings. The van der Waals surface area contributed by atoms with Crippen LogP contribution in [0.25, 0.3) is 0 Å². The van der Waals surface area contributed by atoms with Gasteiger partial charge in [-0.1, -0.05) is 0 Å². The Hall–Kier alpha value is -0.360.